The van der Waals surface area contributed by atoms with Crippen LogP contribution in [-0.4, -0.2) is 48.1 Å². The minimum atomic E-state index is -0.350. The molecule has 0 spiro atoms. The van der Waals surface area contributed by atoms with E-state index in [-0.39, 0.29) is 23.8 Å². The molecule has 0 bridgehead atoms. The van der Waals surface area contributed by atoms with E-state index in [4.69, 9.17) is 4.74 Å². The number of anilines is 2. The summed E-state index contributed by atoms with van der Waals surface area (Å²) in [6, 6.07) is 2.15. The molecule has 3 aliphatic rings. The highest BCUT2D eigenvalue weighted by molar-refractivity contribution is 7.15. The number of ether oxygens (including phenoxy) is 1. The summed E-state index contributed by atoms with van der Waals surface area (Å²) in [6.45, 7) is 3.92. The fraction of sp³-hybridized carbons (Fsp3) is 0.586. The predicted molar refractivity (Wildman–Crippen MR) is 148 cm³/mol. The van der Waals surface area contributed by atoms with Gasteiger partial charge in [0.2, 0.25) is 5.91 Å². The molecule has 1 amide bonds. The summed E-state index contributed by atoms with van der Waals surface area (Å²) in [4.78, 5) is 41.5. The van der Waals surface area contributed by atoms with Crippen molar-refractivity contribution in [3.63, 3.8) is 0 Å². The van der Waals surface area contributed by atoms with Crippen LogP contribution in [0, 0.1) is 11.8 Å². The molecule has 2 fully saturated rings. The highest BCUT2D eigenvalue weighted by Crippen LogP contribution is 2.42. The molecule has 37 heavy (non-hydrogen) atoms. The number of aromatic nitrogens is 2. The van der Waals surface area contributed by atoms with Gasteiger partial charge in [0.15, 0.2) is 0 Å². The second kappa shape index (κ2) is 11.8. The van der Waals surface area contributed by atoms with E-state index < -0.39 is 0 Å². The van der Waals surface area contributed by atoms with Crippen molar-refractivity contribution in [2.75, 3.05) is 30.0 Å². The second-order valence-corrected chi connectivity index (χ2v) is 11.8. The van der Waals surface area contributed by atoms with Gasteiger partial charge in [0, 0.05) is 29.9 Å². The van der Waals surface area contributed by atoms with Gasteiger partial charge in [-0.3, -0.25) is 4.79 Å². The molecule has 2 aromatic rings. The third-order valence-electron chi connectivity index (χ3n) is 8.29. The summed E-state index contributed by atoms with van der Waals surface area (Å²) in [5, 5.41) is 0. The van der Waals surface area contributed by atoms with Crippen molar-refractivity contribution in [1.82, 2.24) is 9.97 Å². The molecule has 1 saturated carbocycles. The van der Waals surface area contributed by atoms with Crippen molar-refractivity contribution < 1.29 is 14.3 Å². The van der Waals surface area contributed by atoms with Gasteiger partial charge >= 0.3 is 5.97 Å². The number of carbonyl (C=O) groups excluding carboxylic acids is 2. The fourth-order valence-electron chi connectivity index (χ4n) is 6.06. The molecule has 5 rings (SSSR count). The first-order chi connectivity index (χ1) is 18.0. The van der Waals surface area contributed by atoms with Crippen molar-refractivity contribution in [2.45, 2.75) is 77.2 Å². The van der Waals surface area contributed by atoms with E-state index in [9.17, 15) is 9.59 Å². The quantitative estimate of drug-likeness (QED) is 0.426. The molecule has 198 valence electrons. The summed E-state index contributed by atoms with van der Waals surface area (Å²) >= 11 is 1.49. The number of thiophene rings is 1. The number of allylic oxidation sites excluding steroid dienone is 2. The summed E-state index contributed by atoms with van der Waals surface area (Å²) in [5.41, 5.74) is 3.06. The van der Waals surface area contributed by atoms with Crippen molar-refractivity contribution >= 4 is 40.2 Å². The standard InChI is InChI=1S/C29H38N4O3S/c1-20-8-10-22(11-9-20)28(34)33(23-12-14-32(15-13-23)24-17-30-19-31-18-24)25-16-26(21-6-4-3-5-7-21)37-27(25)29(35)36-2/h6,16-20,22-23H,3-5,7-15H2,1-2H3/t20-,22-. The molecule has 2 aliphatic carbocycles. The topological polar surface area (TPSA) is 75.6 Å². The number of piperidine rings is 1. The molecule has 3 heterocycles. The Morgan fingerprint density at radius 2 is 1.78 bits per heavy atom. The Morgan fingerprint density at radius 3 is 2.43 bits per heavy atom. The third kappa shape index (κ3) is 5.74. The number of nitrogens with zero attached hydrogens (tertiary/aromatic N) is 4. The first kappa shape index (κ1) is 25.9. The minimum absolute atomic E-state index is 0.0134. The molecule has 0 radical (unpaired) electrons. The summed E-state index contributed by atoms with van der Waals surface area (Å²) < 4.78 is 5.22. The number of hydrogen-bond donors (Lipinski definition) is 0. The smallest absolute Gasteiger partial charge is 0.350 e. The maximum Gasteiger partial charge on any atom is 0.350 e. The molecule has 8 heteroatoms. The number of carbonyl (C=O) groups is 2. The largest absolute Gasteiger partial charge is 0.465 e. The van der Waals surface area contributed by atoms with Crippen LogP contribution in [0.5, 0.6) is 0 Å². The van der Waals surface area contributed by atoms with Crippen molar-refractivity contribution in [2.24, 2.45) is 11.8 Å². The SMILES string of the molecule is COC(=O)c1sc(C2=CCCCC2)cc1N(C(=O)[C@H]1CC[C@H](C)CC1)C1CCN(c2cncnc2)CC1. The van der Waals surface area contributed by atoms with E-state index in [0.29, 0.717) is 10.8 Å². The van der Waals surface area contributed by atoms with Crippen LogP contribution in [0.15, 0.2) is 30.9 Å². The van der Waals surface area contributed by atoms with E-state index in [2.05, 4.69) is 33.9 Å². The molecular formula is C29H38N4O3S. The first-order valence-corrected chi connectivity index (χ1v) is 14.6. The maximum atomic E-state index is 14.2. The van der Waals surface area contributed by atoms with E-state index in [1.807, 2.05) is 17.3 Å². The van der Waals surface area contributed by atoms with Gasteiger partial charge in [-0.05, 0) is 81.8 Å². The lowest BCUT2D eigenvalue weighted by Crippen LogP contribution is -2.50. The zero-order chi connectivity index (χ0) is 25.8. The normalized spacial score (nSPS) is 22.9. The highest BCUT2D eigenvalue weighted by atomic mass is 32.1. The highest BCUT2D eigenvalue weighted by Gasteiger charge is 2.37. The van der Waals surface area contributed by atoms with Gasteiger partial charge in [-0.25, -0.2) is 14.8 Å². The Balaban J connectivity index is 1.47. The van der Waals surface area contributed by atoms with Crippen LogP contribution in [0.4, 0.5) is 11.4 Å². The Hall–Kier alpha value is -2.74. The zero-order valence-electron chi connectivity index (χ0n) is 22.0. The van der Waals surface area contributed by atoms with Crippen LogP contribution >= 0.6 is 11.3 Å². The molecular weight excluding hydrogens is 484 g/mol. The Morgan fingerprint density at radius 1 is 1.05 bits per heavy atom. The fourth-order valence-corrected chi connectivity index (χ4v) is 7.19. The summed E-state index contributed by atoms with van der Waals surface area (Å²) in [5.74, 6) is 0.516. The minimum Gasteiger partial charge on any atom is -0.465 e. The van der Waals surface area contributed by atoms with Crippen LogP contribution in [0.25, 0.3) is 5.57 Å². The predicted octanol–water partition coefficient (Wildman–Crippen LogP) is 6.11. The number of hydrogen-bond acceptors (Lipinski definition) is 7. The van der Waals surface area contributed by atoms with Crippen LogP contribution in [0.3, 0.4) is 0 Å². The number of amides is 1. The maximum absolute atomic E-state index is 14.2. The molecule has 0 N–H and O–H groups in total. The van der Waals surface area contributed by atoms with Gasteiger partial charge in [-0.15, -0.1) is 11.3 Å². The van der Waals surface area contributed by atoms with Crippen LogP contribution in [0.2, 0.25) is 0 Å². The molecule has 0 unspecified atom stereocenters. The molecule has 7 nitrogen and oxygen atoms in total. The van der Waals surface area contributed by atoms with E-state index in [0.717, 1.165) is 87.1 Å². The second-order valence-electron chi connectivity index (χ2n) is 10.8. The van der Waals surface area contributed by atoms with Crippen molar-refractivity contribution in [3.8, 4) is 0 Å². The molecule has 1 saturated heterocycles. The van der Waals surface area contributed by atoms with Crippen molar-refractivity contribution in [1.29, 1.82) is 0 Å². The van der Waals surface area contributed by atoms with E-state index >= 15 is 0 Å². The number of esters is 1. The van der Waals surface area contributed by atoms with Gasteiger partial charge in [-0.2, -0.15) is 0 Å². The average Bonchev–Trinajstić information content (AvgIpc) is 3.39. The molecule has 0 atom stereocenters. The lowest BCUT2D eigenvalue weighted by Gasteiger charge is -2.41. The number of methoxy groups -OCH3 is 1. The summed E-state index contributed by atoms with van der Waals surface area (Å²) in [6.07, 6.45) is 17.7. The van der Waals surface area contributed by atoms with E-state index in [1.165, 1.54) is 30.4 Å². The van der Waals surface area contributed by atoms with Crippen LogP contribution in [0.1, 0.15) is 85.7 Å². The Bertz CT molecular complexity index is 1120. The Labute approximate surface area is 223 Å². The van der Waals surface area contributed by atoms with Crippen molar-refractivity contribution in [3.05, 3.63) is 40.6 Å². The van der Waals surface area contributed by atoms with Gasteiger partial charge < -0.3 is 14.5 Å². The lowest BCUT2D eigenvalue weighted by molar-refractivity contribution is -0.124. The lowest BCUT2D eigenvalue weighted by atomic mass is 9.82. The van der Waals surface area contributed by atoms with Gasteiger partial charge in [-0.1, -0.05) is 13.0 Å². The third-order valence-corrected chi connectivity index (χ3v) is 9.47. The molecule has 2 aromatic heterocycles. The van der Waals surface area contributed by atoms with Gasteiger partial charge in [0.05, 0.1) is 30.9 Å². The average molecular weight is 523 g/mol. The van der Waals surface area contributed by atoms with Crippen LogP contribution in [-0.2, 0) is 9.53 Å². The number of rotatable bonds is 6. The monoisotopic (exact) mass is 522 g/mol. The van der Waals surface area contributed by atoms with Gasteiger partial charge in [0.25, 0.3) is 0 Å². The van der Waals surface area contributed by atoms with Crippen LogP contribution < -0.4 is 9.80 Å². The summed E-state index contributed by atoms with van der Waals surface area (Å²) in [7, 11) is 1.43. The first-order valence-electron chi connectivity index (χ1n) is 13.8. The molecule has 0 aromatic carbocycles. The Kier molecular flexibility index (Phi) is 8.23. The van der Waals surface area contributed by atoms with Gasteiger partial charge in [0.1, 0.15) is 11.2 Å². The zero-order valence-corrected chi connectivity index (χ0v) is 22.8. The molecule has 1 aliphatic heterocycles. The van der Waals surface area contributed by atoms with E-state index in [1.54, 1.807) is 6.33 Å².